The number of allylic oxidation sites excluding steroid dienone is 4. The maximum absolute atomic E-state index is 14.0. The molecule has 43 heavy (non-hydrogen) atoms. The molecule has 3 aromatic rings. The number of hydrogen-bond acceptors (Lipinski definition) is 8. The van der Waals surface area contributed by atoms with E-state index in [1.165, 1.54) is 12.1 Å². The first-order valence-electron chi connectivity index (χ1n) is 13.9. The van der Waals surface area contributed by atoms with Crippen LogP contribution in [0, 0.1) is 26.7 Å². The molecule has 0 atom stereocenters. The maximum atomic E-state index is 14.0. The van der Waals surface area contributed by atoms with Crippen molar-refractivity contribution in [2.24, 2.45) is 5.92 Å². The smallest absolute Gasteiger partial charge is 0.214 e. The minimum Gasteiger partial charge on any atom is -0.287 e. The number of sulfone groups is 2. The van der Waals surface area contributed by atoms with Gasteiger partial charge >= 0.3 is 0 Å². The lowest BCUT2D eigenvalue weighted by Crippen LogP contribution is -2.27. The monoisotopic (exact) mass is 620 g/mol. The summed E-state index contributed by atoms with van der Waals surface area (Å²) in [5.74, 6) is -2.91. The summed E-state index contributed by atoms with van der Waals surface area (Å²) in [4.78, 5) is 36.0. The minimum atomic E-state index is -4.07. The van der Waals surface area contributed by atoms with E-state index in [0.717, 1.165) is 11.1 Å². The van der Waals surface area contributed by atoms with Crippen LogP contribution in [0.2, 0.25) is 0 Å². The first kappa shape index (κ1) is 32.2. The summed E-state index contributed by atoms with van der Waals surface area (Å²) in [7, 11) is -8.13. The Hall–Kier alpha value is -3.76. The number of aromatic nitrogens is 2. The zero-order chi connectivity index (χ0) is 32.0. The van der Waals surface area contributed by atoms with Crippen molar-refractivity contribution in [3.8, 4) is 0 Å². The molecule has 0 saturated heterocycles. The molecule has 226 valence electrons. The van der Waals surface area contributed by atoms with Crippen LogP contribution < -0.4 is 0 Å². The van der Waals surface area contributed by atoms with Gasteiger partial charge in [-0.2, -0.15) is 0 Å². The van der Waals surface area contributed by atoms with Gasteiger partial charge < -0.3 is 0 Å². The molecular formula is C33H36N2O6S2. The average molecular weight is 621 g/mol. The number of aryl methyl sites for hydroxylation is 3. The van der Waals surface area contributed by atoms with E-state index in [2.05, 4.69) is 9.97 Å². The molecule has 10 heteroatoms. The number of carbonyl (C=O) groups is 2. The van der Waals surface area contributed by atoms with Crippen LogP contribution in [0.1, 0.15) is 94.8 Å². The highest BCUT2D eigenvalue weighted by molar-refractivity contribution is 7.94. The van der Waals surface area contributed by atoms with Gasteiger partial charge in [0, 0.05) is 11.1 Å². The van der Waals surface area contributed by atoms with E-state index in [0.29, 0.717) is 16.7 Å². The highest BCUT2D eigenvalue weighted by atomic mass is 32.2. The second-order valence-electron chi connectivity index (χ2n) is 11.7. The topological polar surface area (TPSA) is 128 Å². The van der Waals surface area contributed by atoms with Gasteiger partial charge in [-0.1, -0.05) is 67.5 Å². The van der Waals surface area contributed by atoms with Crippen LogP contribution >= 0.6 is 0 Å². The molecule has 2 aromatic carbocycles. The van der Waals surface area contributed by atoms with E-state index >= 15 is 0 Å². The molecule has 0 saturated carbocycles. The van der Waals surface area contributed by atoms with Gasteiger partial charge in [0.1, 0.15) is 11.4 Å². The summed E-state index contributed by atoms with van der Waals surface area (Å²) in [6.45, 7) is 14.2. The largest absolute Gasteiger partial charge is 0.287 e. The Morgan fingerprint density at radius 3 is 1.70 bits per heavy atom. The van der Waals surface area contributed by atoms with Crippen LogP contribution in [0.5, 0.6) is 0 Å². The summed E-state index contributed by atoms with van der Waals surface area (Å²) in [6.07, 6.45) is 1.78. The van der Waals surface area contributed by atoms with E-state index in [-0.39, 0.29) is 49.6 Å². The van der Waals surface area contributed by atoms with Crippen LogP contribution in [0.3, 0.4) is 0 Å². The SMILES string of the molecule is CC(C)=C/C(C)=C(\C(C)C)S(=O)(=O)Cc1nc2c(nc1CS(=O)(=O)c1c(C)cc(C)cc1C)C(=O)c1ccccc1C2=O. The fourth-order valence-electron chi connectivity index (χ4n) is 5.92. The fraction of sp³-hybridized carbons (Fsp3) is 0.333. The Bertz CT molecular complexity index is 1940. The van der Waals surface area contributed by atoms with Crippen molar-refractivity contribution in [3.05, 3.63) is 109 Å². The first-order valence-corrected chi connectivity index (χ1v) is 17.2. The van der Waals surface area contributed by atoms with Gasteiger partial charge in [-0.3, -0.25) is 9.59 Å². The molecule has 0 bridgehead atoms. The van der Waals surface area contributed by atoms with Crippen LogP contribution in [-0.2, 0) is 31.2 Å². The Morgan fingerprint density at radius 2 is 1.26 bits per heavy atom. The number of nitrogens with zero attached hydrogens (tertiary/aromatic N) is 2. The van der Waals surface area contributed by atoms with Crippen molar-refractivity contribution in [1.29, 1.82) is 0 Å². The zero-order valence-electron chi connectivity index (χ0n) is 25.7. The summed E-state index contributed by atoms with van der Waals surface area (Å²) < 4.78 is 55.6. The predicted molar refractivity (Wildman–Crippen MR) is 166 cm³/mol. The summed E-state index contributed by atoms with van der Waals surface area (Å²) in [6, 6.07) is 9.75. The van der Waals surface area contributed by atoms with Gasteiger partial charge in [-0.05, 0) is 64.2 Å². The lowest BCUT2D eigenvalue weighted by molar-refractivity contribution is 0.0971. The van der Waals surface area contributed by atoms with Crippen molar-refractivity contribution in [1.82, 2.24) is 9.97 Å². The van der Waals surface area contributed by atoms with Crippen LogP contribution in [-0.4, -0.2) is 38.4 Å². The van der Waals surface area contributed by atoms with E-state index in [1.807, 2.05) is 20.8 Å². The first-order chi connectivity index (χ1) is 19.9. The standard InChI is InChI=1S/C33H36N2O6S2/c1-18(2)13-21(6)32(19(3)4)42(38,39)16-26-27(17-43(40,41)33-22(7)14-20(5)15-23(33)8)35-29-28(34-26)30(36)24-11-9-10-12-25(24)31(29)37/h9-15,19H,16-17H2,1-8H3/b32-21+. The highest BCUT2D eigenvalue weighted by Gasteiger charge is 2.36. The lowest BCUT2D eigenvalue weighted by Gasteiger charge is -2.20. The number of carbonyl (C=O) groups excluding carboxylic acids is 2. The second-order valence-corrected chi connectivity index (χ2v) is 15.6. The van der Waals surface area contributed by atoms with E-state index in [4.69, 9.17) is 0 Å². The average Bonchev–Trinajstić information content (AvgIpc) is 2.85. The van der Waals surface area contributed by atoms with E-state index in [1.54, 1.807) is 65.0 Å². The van der Waals surface area contributed by atoms with E-state index < -0.39 is 42.7 Å². The van der Waals surface area contributed by atoms with Crippen molar-refractivity contribution >= 4 is 31.2 Å². The molecule has 0 radical (unpaired) electrons. The molecule has 4 rings (SSSR count). The van der Waals surface area contributed by atoms with Gasteiger partial charge in [-0.15, -0.1) is 0 Å². The number of ketones is 2. The van der Waals surface area contributed by atoms with Crippen LogP contribution in [0.4, 0.5) is 0 Å². The van der Waals surface area contributed by atoms with E-state index in [9.17, 15) is 26.4 Å². The fourth-order valence-corrected chi connectivity index (χ4v) is 9.77. The van der Waals surface area contributed by atoms with Crippen molar-refractivity contribution in [2.45, 2.75) is 71.8 Å². The Labute approximate surface area is 253 Å². The Morgan fingerprint density at radius 1 is 0.791 bits per heavy atom. The van der Waals surface area contributed by atoms with Gasteiger partial charge in [0.15, 0.2) is 19.7 Å². The molecule has 0 unspecified atom stereocenters. The molecule has 1 heterocycles. The molecule has 0 aliphatic heterocycles. The molecule has 0 fully saturated rings. The van der Waals surface area contributed by atoms with Gasteiger partial charge in [0.2, 0.25) is 11.6 Å². The summed E-state index contributed by atoms with van der Waals surface area (Å²) in [5, 5.41) is 0. The molecule has 1 aliphatic rings. The molecule has 0 N–H and O–H groups in total. The van der Waals surface area contributed by atoms with Crippen molar-refractivity contribution in [3.63, 3.8) is 0 Å². The lowest BCUT2D eigenvalue weighted by atomic mass is 9.89. The van der Waals surface area contributed by atoms with Gasteiger partial charge in [-0.25, -0.2) is 26.8 Å². The van der Waals surface area contributed by atoms with Crippen LogP contribution in [0.15, 0.2) is 63.4 Å². The summed E-state index contributed by atoms with van der Waals surface area (Å²) in [5.41, 5.74) is 2.81. The highest BCUT2D eigenvalue weighted by Crippen LogP contribution is 2.32. The van der Waals surface area contributed by atoms with Crippen LogP contribution in [0.25, 0.3) is 0 Å². The Kier molecular flexibility index (Phi) is 8.77. The molecule has 0 amide bonds. The quantitative estimate of drug-likeness (QED) is 0.221. The Balaban J connectivity index is 1.96. The third kappa shape index (κ3) is 6.31. The summed E-state index contributed by atoms with van der Waals surface area (Å²) >= 11 is 0. The number of rotatable bonds is 8. The molecule has 8 nitrogen and oxygen atoms in total. The predicted octanol–water partition coefficient (Wildman–Crippen LogP) is 5.96. The minimum absolute atomic E-state index is 0.112. The number of hydrogen-bond donors (Lipinski definition) is 0. The van der Waals surface area contributed by atoms with Gasteiger partial charge in [0.25, 0.3) is 0 Å². The maximum Gasteiger partial charge on any atom is 0.214 e. The number of fused-ring (bicyclic) bond motifs is 2. The van der Waals surface area contributed by atoms with Gasteiger partial charge in [0.05, 0.1) is 32.7 Å². The molecule has 1 aromatic heterocycles. The molecular weight excluding hydrogens is 585 g/mol. The molecule has 0 spiro atoms. The molecule has 1 aliphatic carbocycles. The third-order valence-corrected chi connectivity index (χ3v) is 11.3. The third-order valence-electron chi connectivity index (χ3n) is 7.22. The van der Waals surface area contributed by atoms with Crippen molar-refractivity contribution < 1.29 is 26.4 Å². The normalized spacial score (nSPS) is 13.9. The second kappa shape index (κ2) is 11.7. The van der Waals surface area contributed by atoms with Crippen molar-refractivity contribution in [2.75, 3.05) is 0 Å². The zero-order valence-corrected chi connectivity index (χ0v) is 27.3. The number of benzene rings is 2.